The van der Waals surface area contributed by atoms with Crippen LogP contribution in [0.5, 0.6) is 5.75 Å². The van der Waals surface area contributed by atoms with Gasteiger partial charge in [-0.1, -0.05) is 12.1 Å². The summed E-state index contributed by atoms with van der Waals surface area (Å²) in [5, 5.41) is 9.96. The minimum absolute atomic E-state index is 0.571. The van der Waals surface area contributed by atoms with Crippen LogP contribution in [0, 0.1) is 0 Å². The Morgan fingerprint density at radius 2 is 1.94 bits per heavy atom. The van der Waals surface area contributed by atoms with E-state index in [2.05, 4.69) is 15.9 Å². The summed E-state index contributed by atoms with van der Waals surface area (Å²) < 4.78 is 11.1. The molecule has 0 aliphatic carbocycles. The maximum Gasteiger partial charge on any atom is 0.169 e. The summed E-state index contributed by atoms with van der Waals surface area (Å²) in [6, 6.07) is 11.4. The van der Waals surface area contributed by atoms with Crippen molar-refractivity contribution < 1.29 is 14.3 Å². The molecule has 0 bridgehead atoms. The van der Waals surface area contributed by atoms with Crippen LogP contribution in [0.1, 0.15) is 23.8 Å². The minimum atomic E-state index is -0.571. The molecule has 0 saturated carbocycles. The van der Waals surface area contributed by atoms with Crippen LogP contribution >= 0.6 is 15.9 Å². The summed E-state index contributed by atoms with van der Waals surface area (Å²) in [5.41, 5.74) is 1.17. The van der Waals surface area contributed by atoms with Gasteiger partial charge in [0.05, 0.1) is 7.11 Å². The Bertz CT molecular complexity index is 490. The largest absolute Gasteiger partial charge is 0.497 e. The molecule has 1 N–H and O–H groups in total. The number of aliphatic hydroxyl groups is 1. The lowest BCUT2D eigenvalue weighted by atomic mass is 10.1. The van der Waals surface area contributed by atoms with Gasteiger partial charge < -0.3 is 14.3 Å². The Hall–Kier alpha value is -1.26. The molecule has 3 nitrogen and oxygen atoms in total. The third-order valence-corrected chi connectivity index (χ3v) is 3.21. The van der Waals surface area contributed by atoms with Gasteiger partial charge in [0.15, 0.2) is 4.67 Å². The first kappa shape index (κ1) is 13.2. The predicted octanol–water partition coefficient (Wildman–Crippen LogP) is 3.72. The number of rotatable bonds is 5. The second-order valence-electron chi connectivity index (χ2n) is 4.04. The highest BCUT2D eigenvalue weighted by atomic mass is 79.9. The monoisotopic (exact) mass is 310 g/mol. The average molecular weight is 311 g/mol. The van der Waals surface area contributed by atoms with Crippen molar-refractivity contribution in [1.29, 1.82) is 0 Å². The summed E-state index contributed by atoms with van der Waals surface area (Å²) in [4.78, 5) is 0. The molecule has 1 heterocycles. The third kappa shape index (κ3) is 3.37. The zero-order valence-corrected chi connectivity index (χ0v) is 11.7. The van der Waals surface area contributed by atoms with E-state index in [4.69, 9.17) is 9.15 Å². The van der Waals surface area contributed by atoms with Crippen LogP contribution in [0.15, 0.2) is 45.5 Å². The van der Waals surface area contributed by atoms with Crippen molar-refractivity contribution >= 4 is 15.9 Å². The van der Waals surface area contributed by atoms with Gasteiger partial charge in [0.1, 0.15) is 17.6 Å². The first-order valence-electron chi connectivity index (χ1n) is 5.75. The topological polar surface area (TPSA) is 42.6 Å². The Balaban J connectivity index is 1.90. The maximum atomic E-state index is 9.96. The minimum Gasteiger partial charge on any atom is -0.497 e. The lowest BCUT2D eigenvalue weighted by molar-refractivity contribution is 0.139. The molecule has 1 aromatic heterocycles. The second-order valence-corrected chi connectivity index (χ2v) is 4.83. The van der Waals surface area contributed by atoms with Gasteiger partial charge in [-0.15, -0.1) is 0 Å². The van der Waals surface area contributed by atoms with Crippen LogP contribution in [-0.4, -0.2) is 12.2 Å². The van der Waals surface area contributed by atoms with E-state index in [1.54, 1.807) is 19.2 Å². The Labute approximate surface area is 115 Å². The quantitative estimate of drug-likeness (QED) is 0.915. The van der Waals surface area contributed by atoms with E-state index in [-0.39, 0.29) is 0 Å². The van der Waals surface area contributed by atoms with E-state index >= 15 is 0 Å². The van der Waals surface area contributed by atoms with Crippen LogP contribution in [-0.2, 0) is 6.42 Å². The summed E-state index contributed by atoms with van der Waals surface area (Å²) in [6.07, 6.45) is 0.855. The molecule has 0 aliphatic rings. The highest BCUT2D eigenvalue weighted by molar-refractivity contribution is 9.10. The number of aryl methyl sites for hydroxylation is 1. The normalized spacial score (nSPS) is 12.4. The van der Waals surface area contributed by atoms with E-state index < -0.39 is 6.10 Å². The second kappa shape index (κ2) is 6.07. The summed E-state index contributed by atoms with van der Waals surface area (Å²) in [5.74, 6) is 1.43. The molecule has 0 radical (unpaired) electrons. The van der Waals surface area contributed by atoms with Crippen LogP contribution in [0.3, 0.4) is 0 Å². The lowest BCUT2D eigenvalue weighted by Crippen LogP contribution is -1.98. The number of ether oxygens (including phenoxy) is 1. The number of hydrogen-bond acceptors (Lipinski definition) is 3. The van der Waals surface area contributed by atoms with Crippen molar-refractivity contribution in [3.05, 3.63) is 52.4 Å². The predicted molar refractivity (Wildman–Crippen MR) is 72.7 cm³/mol. The molecule has 0 saturated heterocycles. The molecular formula is C14H15BrO3. The molecular weight excluding hydrogens is 296 g/mol. The Morgan fingerprint density at radius 3 is 2.50 bits per heavy atom. The van der Waals surface area contributed by atoms with Gasteiger partial charge in [-0.3, -0.25) is 0 Å². The molecule has 96 valence electrons. The first-order chi connectivity index (χ1) is 8.69. The van der Waals surface area contributed by atoms with Crippen molar-refractivity contribution in [1.82, 2.24) is 0 Å². The highest BCUT2D eigenvalue weighted by Crippen LogP contribution is 2.24. The molecule has 0 aliphatic heterocycles. The molecule has 2 aromatic rings. The van der Waals surface area contributed by atoms with Gasteiger partial charge in [0.2, 0.25) is 0 Å². The lowest BCUT2D eigenvalue weighted by Gasteiger charge is -2.08. The fourth-order valence-corrected chi connectivity index (χ4v) is 2.06. The summed E-state index contributed by atoms with van der Waals surface area (Å²) in [6.45, 7) is 0. The van der Waals surface area contributed by atoms with Crippen molar-refractivity contribution in [2.24, 2.45) is 0 Å². The molecule has 4 heteroatoms. The Morgan fingerprint density at radius 1 is 1.22 bits per heavy atom. The zero-order valence-electron chi connectivity index (χ0n) is 10.1. The summed E-state index contributed by atoms with van der Waals surface area (Å²) in [7, 11) is 1.65. The molecule has 1 aromatic carbocycles. The van der Waals surface area contributed by atoms with E-state index in [1.165, 1.54) is 5.56 Å². The first-order valence-corrected chi connectivity index (χ1v) is 6.54. The van der Waals surface area contributed by atoms with E-state index in [0.717, 1.165) is 12.2 Å². The number of aliphatic hydroxyl groups excluding tert-OH is 1. The fourth-order valence-electron chi connectivity index (χ4n) is 1.75. The summed E-state index contributed by atoms with van der Waals surface area (Å²) >= 11 is 3.22. The van der Waals surface area contributed by atoms with Crippen molar-refractivity contribution in [3.8, 4) is 5.75 Å². The van der Waals surface area contributed by atoms with Gasteiger partial charge in [0.25, 0.3) is 0 Å². The smallest absolute Gasteiger partial charge is 0.169 e. The van der Waals surface area contributed by atoms with Crippen LogP contribution < -0.4 is 4.74 Å². The van der Waals surface area contributed by atoms with Crippen LogP contribution in [0.2, 0.25) is 0 Å². The standard InChI is InChI=1S/C14H15BrO3/c1-17-11-5-2-10(3-6-11)4-7-12(16)13-8-9-14(15)18-13/h2-3,5-6,8-9,12,16H,4,7H2,1H3. The fraction of sp³-hybridized carbons (Fsp3) is 0.286. The molecule has 1 atom stereocenters. The molecule has 18 heavy (non-hydrogen) atoms. The van der Waals surface area contributed by atoms with E-state index in [9.17, 15) is 5.11 Å². The van der Waals surface area contributed by atoms with Gasteiger partial charge >= 0.3 is 0 Å². The van der Waals surface area contributed by atoms with Gasteiger partial charge in [-0.2, -0.15) is 0 Å². The number of benzene rings is 1. The molecule has 2 rings (SSSR count). The number of halogens is 1. The van der Waals surface area contributed by atoms with E-state index in [0.29, 0.717) is 16.9 Å². The van der Waals surface area contributed by atoms with Crippen LogP contribution in [0.4, 0.5) is 0 Å². The van der Waals surface area contributed by atoms with Gasteiger partial charge in [-0.05, 0) is 58.6 Å². The number of furan rings is 1. The highest BCUT2D eigenvalue weighted by Gasteiger charge is 2.11. The van der Waals surface area contributed by atoms with Gasteiger partial charge in [-0.25, -0.2) is 0 Å². The maximum absolute atomic E-state index is 9.96. The zero-order chi connectivity index (χ0) is 13.0. The van der Waals surface area contributed by atoms with E-state index in [1.807, 2.05) is 24.3 Å². The number of methoxy groups -OCH3 is 1. The van der Waals surface area contributed by atoms with Crippen molar-refractivity contribution in [2.75, 3.05) is 7.11 Å². The third-order valence-electron chi connectivity index (χ3n) is 2.79. The molecule has 0 spiro atoms. The van der Waals surface area contributed by atoms with Gasteiger partial charge in [0, 0.05) is 0 Å². The number of hydrogen-bond donors (Lipinski definition) is 1. The van der Waals surface area contributed by atoms with Crippen molar-refractivity contribution in [3.63, 3.8) is 0 Å². The van der Waals surface area contributed by atoms with Crippen molar-refractivity contribution in [2.45, 2.75) is 18.9 Å². The molecule has 1 unspecified atom stereocenters. The SMILES string of the molecule is COc1ccc(CCC(O)c2ccc(Br)o2)cc1. The van der Waals surface area contributed by atoms with Crippen LogP contribution in [0.25, 0.3) is 0 Å². The molecule has 0 fully saturated rings. The average Bonchev–Trinajstić information content (AvgIpc) is 2.83. The Kier molecular flexibility index (Phi) is 4.44. The molecule has 0 amide bonds.